The van der Waals surface area contributed by atoms with Gasteiger partial charge < -0.3 is 20.3 Å². The minimum absolute atomic E-state index is 0.0635. The van der Waals surface area contributed by atoms with Crippen LogP contribution in [0, 0.1) is 0 Å². The Hall–Kier alpha value is -3.44. The molecule has 0 bridgehead atoms. The van der Waals surface area contributed by atoms with Crippen LogP contribution in [0.1, 0.15) is 24.2 Å². The third kappa shape index (κ3) is 6.33. The van der Waals surface area contributed by atoms with E-state index in [-0.39, 0.29) is 36.0 Å². The average molecular weight is 489 g/mol. The van der Waals surface area contributed by atoms with Crippen LogP contribution in [0.15, 0.2) is 53.4 Å². The number of rotatable bonds is 8. The van der Waals surface area contributed by atoms with E-state index in [9.17, 15) is 22.8 Å². The van der Waals surface area contributed by atoms with Crippen LogP contribution in [0.5, 0.6) is 5.75 Å². The molecule has 34 heavy (non-hydrogen) atoms. The molecule has 2 N–H and O–H groups in total. The van der Waals surface area contributed by atoms with Gasteiger partial charge in [0.2, 0.25) is 21.8 Å². The van der Waals surface area contributed by atoms with E-state index in [4.69, 9.17) is 4.74 Å². The van der Waals surface area contributed by atoms with Crippen molar-refractivity contribution in [3.05, 3.63) is 54.1 Å². The van der Waals surface area contributed by atoms with Crippen LogP contribution in [-0.2, 0) is 19.6 Å². The second kappa shape index (κ2) is 11.1. The molecule has 0 atom stereocenters. The molecule has 3 amide bonds. The number of benzene rings is 2. The van der Waals surface area contributed by atoms with Crippen molar-refractivity contribution in [2.75, 3.05) is 44.6 Å². The van der Waals surface area contributed by atoms with Gasteiger partial charge in [-0.3, -0.25) is 14.4 Å². The van der Waals surface area contributed by atoms with E-state index in [1.807, 2.05) is 6.92 Å². The third-order valence-electron chi connectivity index (χ3n) is 5.30. The zero-order chi connectivity index (χ0) is 24.7. The predicted octanol–water partition coefficient (Wildman–Crippen LogP) is 1.31. The fraction of sp³-hybridized carbons (Fsp3) is 0.348. The summed E-state index contributed by atoms with van der Waals surface area (Å²) in [5.74, 6) is -0.291. The van der Waals surface area contributed by atoms with Gasteiger partial charge in [-0.1, -0.05) is 0 Å². The van der Waals surface area contributed by atoms with Gasteiger partial charge in [0, 0.05) is 44.4 Å². The van der Waals surface area contributed by atoms with E-state index in [0.717, 1.165) is 0 Å². The highest BCUT2D eigenvalue weighted by Crippen LogP contribution is 2.19. The maximum atomic E-state index is 12.9. The first-order valence-corrected chi connectivity index (χ1v) is 12.3. The first-order chi connectivity index (χ1) is 16.2. The summed E-state index contributed by atoms with van der Waals surface area (Å²) in [5, 5.41) is 5.19. The molecule has 1 aliphatic rings. The zero-order valence-electron chi connectivity index (χ0n) is 19.1. The Morgan fingerprint density at radius 1 is 0.941 bits per heavy atom. The normalized spacial score (nSPS) is 14.4. The number of ether oxygens (including phenoxy) is 1. The molecule has 0 aliphatic carbocycles. The summed E-state index contributed by atoms with van der Waals surface area (Å²) in [5.41, 5.74) is 0.801. The minimum Gasteiger partial charge on any atom is -0.494 e. The number of anilines is 1. The number of sulfonamides is 1. The van der Waals surface area contributed by atoms with E-state index < -0.39 is 21.8 Å². The first-order valence-electron chi connectivity index (χ1n) is 10.9. The molecule has 11 heteroatoms. The summed E-state index contributed by atoms with van der Waals surface area (Å²) in [6.45, 7) is 4.75. The highest BCUT2D eigenvalue weighted by Gasteiger charge is 2.29. The molecule has 0 saturated carbocycles. The number of amides is 3. The Morgan fingerprint density at radius 3 is 2.12 bits per heavy atom. The van der Waals surface area contributed by atoms with Crippen molar-refractivity contribution in [2.24, 2.45) is 0 Å². The summed E-state index contributed by atoms with van der Waals surface area (Å²) in [6.07, 6.45) is 0. The van der Waals surface area contributed by atoms with Crippen LogP contribution in [0.3, 0.4) is 0 Å². The fourth-order valence-electron chi connectivity index (χ4n) is 3.44. The Labute approximate surface area is 198 Å². The molecule has 1 fully saturated rings. The van der Waals surface area contributed by atoms with Crippen molar-refractivity contribution < 1.29 is 27.5 Å². The number of nitrogens with zero attached hydrogens (tertiary/aromatic N) is 2. The zero-order valence-corrected chi connectivity index (χ0v) is 19.9. The molecule has 0 spiro atoms. The molecule has 182 valence electrons. The van der Waals surface area contributed by atoms with Crippen LogP contribution in [-0.4, -0.2) is 74.7 Å². The quantitative estimate of drug-likeness (QED) is 0.577. The average Bonchev–Trinajstić information content (AvgIpc) is 2.84. The molecular formula is C23H28N4O6S. The highest BCUT2D eigenvalue weighted by atomic mass is 32.2. The molecule has 3 rings (SSSR count). The molecule has 10 nitrogen and oxygen atoms in total. The Bertz CT molecular complexity index is 1130. The van der Waals surface area contributed by atoms with Gasteiger partial charge in [-0.15, -0.1) is 0 Å². The van der Waals surface area contributed by atoms with Gasteiger partial charge in [-0.25, -0.2) is 8.42 Å². The van der Waals surface area contributed by atoms with E-state index in [1.165, 1.54) is 35.5 Å². The van der Waals surface area contributed by atoms with E-state index in [1.54, 1.807) is 29.2 Å². The lowest BCUT2D eigenvalue weighted by molar-refractivity contribution is -0.130. The number of carbonyl (C=O) groups excluding carboxylic acids is 3. The molecule has 1 saturated heterocycles. The van der Waals surface area contributed by atoms with Crippen molar-refractivity contribution in [3.8, 4) is 5.75 Å². The number of nitrogens with one attached hydrogen (secondary N) is 2. The molecule has 1 heterocycles. The Balaban J connectivity index is 1.52. The van der Waals surface area contributed by atoms with Crippen molar-refractivity contribution in [1.29, 1.82) is 0 Å². The number of carbonyl (C=O) groups is 3. The lowest BCUT2D eigenvalue weighted by Gasteiger charge is -2.33. The van der Waals surface area contributed by atoms with Gasteiger partial charge in [-0.2, -0.15) is 4.31 Å². The van der Waals surface area contributed by atoms with Gasteiger partial charge in [0.15, 0.2) is 0 Å². The van der Waals surface area contributed by atoms with Crippen LogP contribution >= 0.6 is 0 Å². The van der Waals surface area contributed by atoms with Crippen LogP contribution in [0.2, 0.25) is 0 Å². The molecule has 1 aliphatic heterocycles. The van der Waals surface area contributed by atoms with Gasteiger partial charge >= 0.3 is 0 Å². The first kappa shape index (κ1) is 25.2. The Kier molecular flexibility index (Phi) is 8.24. The van der Waals surface area contributed by atoms with Gasteiger partial charge in [-0.05, 0) is 55.5 Å². The lowest BCUT2D eigenvalue weighted by Crippen LogP contribution is -2.49. The minimum atomic E-state index is -3.73. The van der Waals surface area contributed by atoms with Gasteiger partial charge in [0.05, 0.1) is 18.0 Å². The summed E-state index contributed by atoms with van der Waals surface area (Å²) in [4.78, 5) is 37.6. The molecule has 2 aromatic rings. The van der Waals surface area contributed by atoms with Gasteiger partial charge in [0.25, 0.3) is 5.91 Å². The lowest BCUT2D eigenvalue weighted by atomic mass is 10.2. The largest absolute Gasteiger partial charge is 0.494 e. The maximum Gasteiger partial charge on any atom is 0.251 e. The predicted molar refractivity (Wildman–Crippen MR) is 126 cm³/mol. The molecular weight excluding hydrogens is 460 g/mol. The standard InChI is InChI=1S/C23H28N4O6S/c1-3-33-20-8-6-19(7-9-20)25-22(29)16-24-23(30)18-4-10-21(11-5-18)34(31,32)27-14-12-26(13-15-27)17(2)28/h4-11H,3,12-16H2,1-2H3,(H,24,30)(H,25,29). The van der Waals surface area contributed by atoms with Crippen molar-refractivity contribution >= 4 is 33.4 Å². The second-order valence-electron chi connectivity index (χ2n) is 7.62. The second-order valence-corrected chi connectivity index (χ2v) is 9.56. The number of hydrogen-bond acceptors (Lipinski definition) is 6. The van der Waals surface area contributed by atoms with Crippen molar-refractivity contribution in [2.45, 2.75) is 18.7 Å². The van der Waals surface area contributed by atoms with Gasteiger partial charge in [0.1, 0.15) is 5.75 Å². The summed E-state index contributed by atoms with van der Waals surface area (Å²) < 4.78 is 32.4. The molecule has 0 aromatic heterocycles. The summed E-state index contributed by atoms with van der Waals surface area (Å²) >= 11 is 0. The molecule has 0 unspecified atom stereocenters. The number of hydrogen-bond donors (Lipinski definition) is 2. The fourth-order valence-corrected chi connectivity index (χ4v) is 4.86. The van der Waals surface area contributed by atoms with E-state index >= 15 is 0 Å². The molecule has 2 aromatic carbocycles. The summed E-state index contributed by atoms with van der Waals surface area (Å²) in [6, 6.07) is 12.4. The number of piperazine rings is 1. The monoisotopic (exact) mass is 488 g/mol. The van der Waals surface area contributed by atoms with E-state index in [0.29, 0.717) is 31.1 Å². The maximum absolute atomic E-state index is 12.9. The van der Waals surface area contributed by atoms with E-state index in [2.05, 4.69) is 10.6 Å². The van der Waals surface area contributed by atoms with Crippen LogP contribution in [0.4, 0.5) is 5.69 Å². The SMILES string of the molecule is CCOc1ccc(NC(=O)CNC(=O)c2ccc(S(=O)(=O)N3CCN(C(C)=O)CC3)cc2)cc1. The van der Waals surface area contributed by atoms with Crippen molar-refractivity contribution in [3.63, 3.8) is 0 Å². The Morgan fingerprint density at radius 2 is 1.56 bits per heavy atom. The smallest absolute Gasteiger partial charge is 0.251 e. The van der Waals surface area contributed by atoms with Crippen LogP contribution < -0.4 is 15.4 Å². The summed E-state index contributed by atoms with van der Waals surface area (Å²) in [7, 11) is -3.73. The van der Waals surface area contributed by atoms with Crippen LogP contribution in [0.25, 0.3) is 0 Å². The third-order valence-corrected chi connectivity index (χ3v) is 7.21. The topological polar surface area (TPSA) is 125 Å². The molecule has 0 radical (unpaired) electrons. The van der Waals surface area contributed by atoms with Crippen molar-refractivity contribution in [1.82, 2.24) is 14.5 Å². The highest BCUT2D eigenvalue weighted by molar-refractivity contribution is 7.89.